The third-order valence-electron chi connectivity index (χ3n) is 2.73. The van der Waals surface area contributed by atoms with Crippen molar-refractivity contribution in [3.05, 3.63) is 46.7 Å². The monoisotopic (exact) mass is 347 g/mol. The Hall–Kier alpha value is -2.55. The summed E-state index contributed by atoms with van der Waals surface area (Å²) in [5.74, 6) is -1.96. The Kier molecular flexibility index (Phi) is 4.60. The minimum absolute atomic E-state index is 0.0574. The van der Waals surface area contributed by atoms with Gasteiger partial charge < -0.3 is 10.4 Å². The van der Waals surface area contributed by atoms with E-state index in [0.29, 0.717) is 6.07 Å². The van der Waals surface area contributed by atoms with Crippen LogP contribution >= 0.6 is 11.6 Å². The number of nitrogens with one attached hydrogen (secondary N) is 1. The van der Waals surface area contributed by atoms with Crippen LogP contribution in [0.3, 0.4) is 0 Å². The third kappa shape index (κ3) is 4.22. The Bertz CT molecular complexity index is 758. The highest BCUT2D eigenvalue weighted by Gasteiger charge is 2.31. The first-order valence-electron chi connectivity index (χ1n) is 6.10. The van der Waals surface area contributed by atoms with Crippen LogP contribution in [0.1, 0.15) is 16.1 Å². The normalized spacial score (nSPS) is 11.3. The number of carbonyl (C=O) groups excluding carboxylic acids is 1. The number of hydrogen-bond acceptors (Lipinski definition) is 3. The van der Waals surface area contributed by atoms with Crippen LogP contribution in [0.2, 0.25) is 5.02 Å². The van der Waals surface area contributed by atoms with E-state index in [4.69, 9.17) is 16.7 Å². The van der Waals surface area contributed by atoms with Gasteiger partial charge in [0, 0.05) is 6.20 Å². The summed E-state index contributed by atoms with van der Waals surface area (Å²) in [5, 5.41) is 14.5. The summed E-state index contributed by atoms with van der Waals surface area (Å²) in [5.41, 5.74) is -1.41. The molecule has 1 aromatic heterocycles. The predicted molar refractivity (Wildman–Crippen MR) is 74.3 cm³/mol. The maximum atomic E-state index is 12.6. The van der Waals surface area contributed by atoms with E-state index in [9.17, 15) is 22.8 Å². The molecule has 1 heterocycles. The van der Waals surface area contributed by atoms with E-state index < -0.39 is 23.6 Å². The van der Waals surface area contributed by atoms with Gasteiger partial charge in [-0.25, -0.2) is 4.79 Å². The molecule has 2 rings (SSSR count). The van der Waals surface area contributed by atoms with Gasteiger partial charge in [-0.2, -0.15) is 18.3 Å². The van der Waals surface area contributed by atoms with Crippen molar-refractivity contribution in [1.82, 2.24) is 9.78 Å². The molecule has 0 fully saturated rings. The first-order chi connectivity index (χ1) is 10.7. The molecular formula is C13H9ClF3N3O3. The number of benzene rings is 1. The van der Waals surface area contributed by atoms with Crippen LogP contribution in [0.25, 0.3) is 0 Å². The van der Waals surface area contributed by atoms with Crippen molar-refractivity contribution in [2.24, 2.45) is 0 Å². The lowest BCUT2D eigenvalue weighted by Gasteiger charge is -2.11. The molecule has 122 valence electrons. The predicted octanol–water partition coefficient (Wildman–Crippen LogP) is 2.89. The van der Waals surface area contributed by atoms with E-state index in [2.05, 4.69) is 10.4 Å². The molecule has 0 aliphatic carbocycles. The van der Waals surface area contributed by atoms with E-state index in [0.717, 1.165) is 16.8 Å². The van der Waals surface area contributed by atoms with Crippen molar-refractivity contribution in [2.45, 2.75) is 12.7 Å². The van der Waals surface area contributed by atoms with Crippen molar-refractivity contribution in [3.63, 3.8) is 0 Å². The Labute approximate surface area is 132 Å². The van der Waals surface area contributed by atoms with Crippen LogP contribution in [0.5, 0.6) is 0 Å². The van der Waals surface area contributed by atoms with Crippen LogP contribution in [0.4, 0.5) is 18.9 Å². The second-order valence-corrected chi connectivity index (χ2v) is 4.85. The summed E-state index contributed by atoms with van der Waals surface area (Å²) < 4.78 is 39.0. The largest absolute Gasteiger partial charge is 0.476 e. The number of rotatable bonds is 4. The Morgan fingerprint density at radius 3 is 2.57 bits per heavy atom. The van der Waals surface area contributed by atoms with Crippen LogP contribution in [-0.2, 0) is 17.5 Å². The molecule has 0 saturated carbocycles. The number of carbonyl (C=O) groups is 2. The zero-order valence-electron chi connectivity index (χ0n) is 11.3. The molecule has 1 aromatic carbocycles. The summed E-state index contributed by atoms with van der Waals surface area (Å²) >= 11 is 5.76. The molecule has 0 spiro atoms. The fraction of sp³-hybridized carbons (Fsp3) is 0.154. The SMILES string of the molecule is O=C(Cn1ccc(C(=O)O)n1)Nc1cc(C(F)(F)F)ccc1Cl. The average molecular weight is 348 g/mol. The zero-order valence-corrected chi connectivity index (χ0v) is 12.0. The molecule has 0 unspecified atom stereocenters. The van der Waals surface area contributed by atoms with Gasteiger partial charge in [0.25, 0.3) is 0 Å². The topological polar surface area (TPSA) is 84.2 Å². The van der Waals surface area contributed by atoms with E-state index in [1.54, 1.807) is 0 Å². The number of alkyl halides is 3. The van der Waals surface area contributed by atoms with Gasteiger partial charge in [-0.1, -0.05) is 11.6 Å². The highest BCUT2D eigenvalue weighted by Crippen LogP contribution is 2.33. The lowest BCUT2D eigenvalue weighted by Crippen LogP contribution is -2.20. The Morgan fingerprint density at radius 1 is 1.30 bits per heavy atom. The number of anilines is 1. The number of carboxylic acid groups (broad SMARTS) is 1. The molecule has 6 nitrogen and oxygen atoms in total. The lowest BCUT2D eigenvalue weighted by atomic mass is 10.2. The third-order valence-corrected chi connectivity index (χ3v) is 3.06. The van der Waals surface area contributed by atoms with Crippen LogP contribution < -0.4 is 5.32 Å². The van der Waals surface area contributed by atoms with E-state index in [-0.39, 0.29) is 22.9 Å². The van der Waals surface area contributed by atoms with E-state index in [1.807, 2.05) is 0 Å². The zero-order chi connectivity index (χ0) is 17.2. The van der Waals surface area contributed by atoms with Crippen LogP contribution in [-0.4, -0.2) is 26.8 Å². The second-order valence-electron chi connectivity index (χ2n) is 4.44. The van der Waals surface area contributed by atoms with Gasteiger partial charge >= 0.3 is 12.1 Å². The highest BCUT2D eigenvalue weighted by molar-refractivity contribution is 6.33. The first-order valence-corrected chi connectivity index (χ1v) is 6.48. The standard InChI is InChI=1S/C13H9ClF3N3O3/c14-8-2-1-7(13(15,16)17)5-10(8)18-11(21)6-20-4-3-9(19-20)12(22)23/h1-5H,6H2,(H,18,21)(H,22,23). The fourth-order valence-corrected chi connectivity index (χ4v) is 1.86. The number of aromatic carboxylic acids is 1. The van der Waals surface area contributed by atoms with E-state index in [1.165, 1.54) is 12.3 Å². The van der Waals surface area contributed by atoms with Crippen molar-refractivity contribution in [3.8, 4) is 0 Å². The number of halogens is 4. The van der Waals surface area contributed by atoms with E-state index >= 15 is 0 Å². The van der Waals surface area contributed by atoms with Gasteiger partial charge in [0.2, 0.25) is 5.91 Å². The molecule has 0 radical (unpaired) electrons. The summed E-state index contributed by atoms with van der Waals surface area (Å²) in [4.78, 5) is 22.5. The van der Waals surface area contributed by atoms with Crippen LogP contribution in [0, 0.1) is 0 Å². The number of nitrogens with zero attached hydrogens (tertiary/aromatic N) is 2. The van der Waals surface area contributed by atoms with Crippen LogP contribution in [0.15, 0.2) is 30.5 Å². The highest BCUT2D eigenvalue weighted by atomic mass is 35.5. The first kappa shape index (κ1) is 16.8. The van der Waals surface area contributed by atoms with Crippen molar-refractivity contribution in [1.29, 1.82) is 0 Å². The summed E-state index contributed by atoms with van der Waals surface area (Å²) in [6.45, 7) is -0.375. The fourth-order valence-electron chi connectivity index (χ4n) is 1.70. The maximum Gasteiger partial charge on any atom is 0.416 e. The Balaban J connectivity index is 2.11. The van der Waals surface area contributed by atoms with Crippen molar-refractivity contribution >= 4 is 29.2 Å². The smallest absolute Gasteiger partial charge is 0.416 e. The quantitative estimate of drug-likeness (QED) is 0.890. The Morgan fingerprint density at radius 2 is 2.00 bits per heavy atom. The summed E-state index contributed by atoms with van der Waals surface area (Å²) in [6.07, 6.45) is -3.31. The molecule has 1 amide bonds. The van der Waals surface area contributed by atoms with Crippen molar-refractivity contribution < 1.29 is 27.9 Å². The molecule has 0 saturated heterocycles. The van der Waals surface area contributed by atoms with Crippen molar-refractivity contribution in [2.75, 3.05) is 5.32 Å². The molecule has 0 atom stereocenters. The number of amides is 1. The molecule has 10 heteroatoms. The maximum absolute atomic E-state index is 12.6. The van der Waals surface area contributed by atoms with Gasteiger partial charge in [-0.15, -0.1) is 0 Å². The molecular weight excluding hydrogens is 339 g/mol. The van der Waals surface area contributed by atoms with Gasteiger partial charge in [0.1, 0.15) is 6.54 Å². The molecule has 0 bridgehead atoms. The average Bonchev–Trinajstić information content (AvgIpc) is 2.88. The van der Waals surface area contributed by atoms with Gasteiger partial charge in [0.15, 0.2) is 5.69 Å². The minimum Gasteiger partial charge on any atom is -0.476 e. The minimum atomic E-state index is -4.57. The molecule has 2 aromatic rings. The lowest BCUT2D eigenvalue weighted by molar-refractivity contribution is -0.137. The van der Waals surface area contributed by atoms with Gasteiger partial charge in [-0.3, -0.25) is 9.48 Å². The number of hydrogen-bond donors (Lipinski definition) is 2. The molecule has 2 N–H and O–H groups in total. The molecule has 0 aliphatic heterocycles. The summed E-state index contributed by atoms with van der Waals surface area (Å²) in [6, 6.07) is 3.72. The van der Waals surface area contributed by atoms with Gasteiger partial charge in [-0.05, 0) is 24.3 Å². The van der Waals surface area contributed by atoms with Gasteiger partial charge in [0.05, 0.1) is 16.3 Å². The molecule has 23 heavy (non-hydrogen) atoms. The molecule has 0 aliphatic rings. The second kappa shape index (κ2) is 6.29. The number of aromatic nitrogens is 2. The summed E-state index contributed by atoms with van der Waals surface area (Å²) in [7, 11) is 0. The number of carboxylic acids is 1.